The average Bonchev–Trinajstić information content (AvgIpc) is 3.13. The van der Waals surface area contributed by atoms with Crippen molar-refractivity contribution in [3.63, 3.8) is 0 Å². The summed E-state index contributed by atoms with van der Waals surface area (Å²) in [5.74, 6) is -3.74. The molecule has 0 spiro atoms. The molecule has 0 aliphatic heterocycles. The highest BCUT2D eigenvalue weighted by Crippen LogP contribution is 2.43. The first-order chi connectivity index (χ1) is 27.7. The standard InChI is InChI=1S/C36H30FN5O14S4/c1-5-57(46,47)19-10-18(32(43)25(12-19)59(51,52)53)11-26-40-27(42-36(37)41-26)13-22-15(2)31(17(4)35(16(22)3)60(54,55)56)39-23-14-24(58(48,49)50)30(38)29-28(23)33(44)20-8-6-7-9-21(20)34(29)45/h5-10,12,14,39,43H,1,11,13,38H2,2-4H3,(H,48,49,50)(H,51,52,53)(H,54,55,56). The lowest BCUT2D eigenvalue weighted by molar-refractivity contribution is 0.0980. The van der Waals surface area contributed by atoms with Crippen LogP contribution in [0.4, 0.5) is 21.5 Å². The van der Waals surface area contributed by atoms with Gasteiger partial charge in [-0.2, -0.15) is 39.6 Å². The highest BCUT2D eigenvalue weighted by molar-refractivity contribution is 7.94. The van der Waals surface area contributed by atoms with Gasteiger partial charge in [0.15, 0.2) is 21.4 Å². The molecule has 1 aromatic heterocycles. The molecule has 5 aromatic rings. The second kappa shape index (κ2) is 14.9. The number of hydrogen-bond donors (Lipinski definition) is 6. The molecule has 314 valence electrons. The number of nitrogens with two attached hydrogens (primary N) is 1. The number of aromatic hydroxyl groups is 1. The SMILES string of the molecule is C=CS(=O)(=O)c1cc(Cc2nc(F)nc(Cc3c(C)c(Nc4cc(S(=O)(=O)O)c(N)c5c4C(=O)c4ccccc4C5=O)c(C)c(S(=O)(=O)O)c3C)n2)c(O)c(S(=O)(=O)O)c1. The molecule has 0 saturated carbocycles. The minimum Gasteiger partial charge on any atom is -0.506 e. The number of carbonyl (C=O) groups is 2. The molecule has 1 aliphatic rings. The molecule has 1 aliphatic carbocycles. The Morgan fingerprint density at radius 2 is 1.30 bits per heavy atom. The van der Waals surface area contributed by atoms with Crippen LogP contribution in [-0.4, -0.2) is 79.0 Å². The van der Waals surface area contributed by atoms with Gasteiger partial charge in [-0.3, -0.25) is 23.2 Å². The van der Waals surface area contributed by atoms with Crippen molar-refractivity contribution in [1.29, 1.82) is 0 Å². The molecule has 6 rings (SSSR count). The van der Waals surface area contributed by atoms with Gasteiger partial charge in [-0.05, 0) is 61.2 Å². The summed E-state index contributed by atoms with van der Waals surface area (Å²) in [6.07, 6.45) is -2.76. The van der Waals surface area contributed by atoms with Gasteiger partial charge in [0.05, 0.1) is 27.4 Å². The summed E-state index contributed by atoms with van der Waals surface area (Å²) in [6, 6.07) is 7.62. The van der Waals surface area contributed by atoms with Gasteiger partial charge in [0.25, 0.3) is 30.4 Å². The third kappa shape index (κ3) is 7.76. The molecule has 0 unspecified atom stereocenters. The number of anilines is 3. The van der Waals surface area contributed by atoms with Crippen molar-refractivity contribution < 1.29 is 66.4 Å². The molecule has 19 nitrogen and oxygen atoms in total. The van der Waals surface area contributed by atoms with E-state index >= 15 is 4.39 Å². The van der Waals surface area contributed by atoms with Crippen LogP contribution in [0.2, 0.25) is 0 Å². The number of aromatic nitrogens is 3. The number of nitrogen functional groups attached to an aromatic ring is 1. The Bertz CT molecular complexity index is 3250. The van der Waals surface area contributed by atoms with Crippen LogP contribution in [0.25, 0.3) is 0 Å². The summed E-state index contributed by atoms with van der Waals surface area (Å²) < 4.78 is 145. The fourth-order valence-electron chi connectivity index (χ4n) is 6.98. The number of ketones is 2. The summed E-state index contributed by atoms with van der Waals surface area (Å²) in [7, 11) is -19.9. The van der Waals surface area contributed by atoms with Crippen LogP contribution in [0.5, 0.6) is 5.75 Å². The van der Waals surface area contributed by atoms with E-state index in [0.717, 1.165) is 12.1 Å². The summed E-state index contributed by atoms with van der Waals surface area (Å²) in [5.41, 5.74) is 2.81. The highest BCUT2D eigenvalue weighted by Gasteiger charge is 2.37. The summed E-state index contributed by atoms with van der Waals surface area (Å²) >= 11 is 0. The van der Waals surface area contributed by atoms with E-state index in [1.54, 1.807) is 0 Å². The summed E-state index contributed by atoms with van der Waals surface area (Å²) in [6.45, 7) is 7.10. The molecule has 7 N–H and O–H groups in total. The predicted octanol–water partition coefficient (Wildman–Crippen LogP) is 3.58. The Hall–Kier alpha value is -6.02. The molecule has 0 amide bonds. The molecule has 24 heteroatoms. The minimum atomic E-state index is -5.22. The Balaban J connectivity index is 1.53. The summed E-state index contributed by atoms with van der Waals surface area (Å²) in [4.78, 5) is 35.4. The fourth-order valence-corrected chi connectivity index (χ4v) is 10.1. The van der Waals surface area contributed by atoms with Crippen LogP contribution in [-0.2, 0) is 53.0 Å². The van der Waals surface area contributed by atoms with Crippen molar-refractivity contribution in [2.45, 2.75) is 53.2 Å². The van der Waals surface area contributed by atoms with Crippen molar-refractivity contribution in [2.75, 3.05) is 11.1 Å². The van der Waals surface area contributed by atoms with Crippen LogP contribution in [0, 0.1) is 26.8 Å². The monoisotopic (exact) mass is 903 g/mol. The van der Waals surface area contributed by atoms with Gasteiger partial charge in [0.1, 0.15) is 32.1 Å². The van der Waals surface area contributed by atoms with Crippen LogP contribution in [0.3, 0.4) is 0 Å². The number of phenolic OH excluding ortho intramolecular Hbond substituents is 1. The van der Waals surface area contributed by atoms with Crippen molar-refractivity contribution in [2.24, 2.45) is 0 Å². The molecule has 0 bridgehead atoms. The van der Waals surface area contributed by atoms with Crippen molar-refractivity contribution in [3.8, 4) is 5.75 Å². The highest BCUT2D eigenvalue weighted by atomic mass is 32.2. The third-order valence-electron chi connectivity index (χ3n) is 9.67. The van der Waals surface area contributed by atoms with E-state index in [1.165, 1.54) is 45.0 Å². The predicted molar refractivity (Wildman–Crippen MR) is 208 cm³/mol. The molecule has 60 heavy (non-hydrogen) atoms. The Morgan fingerprint density at radius 1 is 0.750 bits per heavy atom. The minimum absolute atomic E-state index is 0.00470. The number of nitrogens with zero attached hydrogens (tertiary/aromatic N) is 3. The number of fused-ring (bicyclic) bond motifs is 2. The zero-order chi connectivity index (χ0) is 44.6. The van der Waals surface area contributed by atoms with E-state index < -0.39 is 136 Å². The lowest BCUT2D eigenvalue weighted by atomic mass is 9.82. The lowest BCUT2D eigenvalue weighted by Crippen LogP contribution is -2.25. The molecule has 0 saturated heterocycles. The van der Waals surface area contributed by atoms with E-state index in [1.807, 2.05) is 0 Å². The molecule has 1 heterocycles. The molecule has 0 atom stereocenters. The van der Waals surface area contributed by atoms with Crippen LogP contribution in [0.1, 0.15) is 71.3 Å². The average molecular weight is 904 g/mol. The fraction of sp³-hybridized carbons (Fsp3) is 0.139. The molecule has 0 radical (unpaired) electrons. The Labute approximate surface area is 341 Å². The third-order valence-corrected chi connectivity index (χ3v) is 13.9. The van der Waals surface area contributed by atoms with Crippen molar-refractivity contribution >= 4 is 68.8 Å². The maximum absolute atomic E-state index is 15.1. The first-order valence-corrected chi connectivity index (χ1v) is 22.6. The smallest absolute Gasteiger partial charge is 0.312 e. The first-order valence-electron chi connectivity index (χ1n) is 16.8. The number of benzene rings is 4. The Morgan fingerprint density at radius 3 is 1.83 bits per heavy atom. The maximum atomic E-state index is 15.1. The number of carbonyl (C=O) groups excluding carboxylic acids is 2. The normalized spacial score (nSPS) is 13.2. The number of halogens is 1. The van der Waals surface area contributed by atoms with Gasteiger partial charge in [-0.25, -0.2) is 13.4 Å². The first kappa shape index (κ1) is 43.6. The van der Waals surface area contributed by atoms with Gasteiger partial charge in [-0.1, -0.05) is 30.8 Å². The largest absolute Gasteiger partial charge is 0.506 e. The number of nitrogens with one attached hydrogen (secondary N) is 1. The molecule has 0 fully saturated rings. The quantitative estimate of drug-likeness (QED) is 0.0799. The topological polar surface area (TPSA) is 328 Å². The van der Waals surface area contributed by atoms with E-state index in [9.17, 15) is 62.0 Å². The Kier molecular flexibility index (Phi) is 10.8. The zero-order valence-corrected chi connectivity index (χ0v) is 34.3. The number of hydrogen-bond acceptors (Lipinski definition) is 16. The number of sulfone groups is 1. The van der Waals surface area contributed by atoms with Gasteiger partial charge in [-0.15, -0.1) is 0 Å². The van der Waals surface area contributed by atoms with Gasteiger partial charge < -0.3 is 16.2 Å². The van der Waals surface area contributed by atoms with E-state index in [4.69, 9.17) is 5.73 Å². The molecular weight excluding hydrogens is 874 g/mol. The molecule has 4 aromatic carbocycles. The number of phenols is 1. The lowest BCUT2D eigenvalue weighted by Gasteiger charge is -2.26. The van der Waals surface area contributed by atoms with Gasteiger partial charge >= 0.3 is 6.08 Å². The number of rotatable bonds is 11. The van der Waals surface area contributed by atoms with Crippen LogP contribution >= 0.6 is 0 Å². The maximum Gasteiger partial charge on any atom is 0.312 e. The molecular formula is C36H30FN5O14S4. The van der Waals surface area contributed by atoms with Gasteiger partial charge in [0, 0.05) is 40.6 Å². The van der Waals surface area contributed by atoms with E-state index in [2.05, 4.69) is 26.8 Å². The van der Waals surface area contributed by atoms with E-state index in [0.29, 0.717) is 11.5 Å². The zero-order valence-electron chi connectivity index (χ0n) is 31.0. The van der Waals surface area contributed by atoms with Crippen LogP contribution in [0.15, 0.2) is 74.0 Å². The van der Waals surface area contributed by atoms with Gasteiger partial charge in [0.2, 0.25) is 0 Å². The van der Waals surface area contributed by atoms with Crippen molar-refractivity contribution in [3.05, 3.63) is 122 Å². The second-order valence-electron chi connectivity index (χ2n) is 13.3. The van der Waals surface area contributed by atoms with Crippen molar-refractivity contribution in [1.82, 2.24) is 15.0 Å². The second-order valence-corrected chi connectivity index (χ2v) is 19.4. The summed E-state index contributed by atoms with van der Waals surface area (Å²) in [5, 5.41) is 14.0. The van der Waals surface area contributed by atoms with E-state index in [-0.39, 0.29) is 39.1 Å². The van der Waals surface area contributed by atoms with Crippen LogP contribution < -0.4 is 11.1 Å².